The normalized spacial score (nSPS) is 23.3. The second kappa shape index (κ2) is 4.63. The quantitative estimate of drug-likeness (QED) is 0.783. The summed E-state index contributed by atoms with van der Waals surface area (Å²) in [6.45, 7) is 1.56. The Balaban J connectivity index is 2.06. The van der Waals surface area contributed by atoms with E-state index in [9.17, 15) is 16.8 Å². The van der Waals surface area contributed by atoms with Crippen LogP contribution in [0.5, 0.6) is 0 Å². The van der Waals surface area contributed by atoms with Crippen LogP contribution >= 0.6 is 0 Å². The fraction of sp³-hybridized carbons (Fsp3) is 0.667. The van der Waals surface area contributed by atoms with Crippen LogP contribution in [0, 0.1) is 6.92 Å². The number of hydrogen-bond acceptors (Lipinski definition) is 5. The number of hydrogen-bond donors (Lipinski definition) is 2. The molecule has 0 saturated carbocycles. The highest BCUT2D eigenvalue weighted by atomic mass is 32.2. The molecule has 7 nitrogen and oxygen atoms in total. The van der Waals surface area contributed by atoms with E-state index in [0.29, 0.717) is 18.7 Å². The first-order valence-corrected chi connectivity index (χ1v) is 8.74. The maximum absolute atomic E-state index is 11.8. The third-order valence-corrected chi connectivity index (χ3v) is 6.54. The van der Waals surface area contributed by atoms with E-state index in [1.807, 2.05) is 0 Å². The number of sulfone groups is 1. The molecule has 0 radical (unpaired) electrons. The van der Waals surface area contributed by atoms with Crippen molar-refractivity contribution in [3.63, 3.8) is 0 Å². The van der Waals surface area contributed by atoms with Gasteiger partial charge in [-0.25, -0.2) is 26.5 Å². The molecule has 2 rings (SSSR count). The number of rotatable bonds is 4. The van der Waals surface area contributed by atoms with Crippen molar-refractivity contribution in [1.29, 1.82) is 0 Å². The van der Waals surface area contributed by atoms with Crippen molar-refractivity contribution in [2.75, 3.05) is 12.3 Å². The van der Waals surface area contributed by atoms with Gasteiger partial charge in [0.25, 0.3) is 10.0 Å². The summed E-state index contributed by atoms with van der Waals surface area (Å²) in [6, 6.07) is 0. The smallest absolute Gasteiger partial charge is 0.257 e. The molecular formula is C9H15N3O4S2. The van der Waals surface area contributed by atoms with Crippen molar-refractivity contribution in [1.82, 2.24) is 14.7 Å². The highest BCUT2D eigenvalue weighted by molar-refractivity contribution is 7.92. The molecule has 1 aliphatic heterocycles. The molecule has 1 fully saturated rings. The molecule has 1 aromatic rings. The number of H-pyrrole nitrogens is 1. The zero-order valence-electron chi connectivity index (χ0n) is 9.88. The van der Waals surface area contributed by atoms with Gasteiger partial charge in [-0.05, 0) is 19.8 Å². The van der Waals surface area contributed by atoms with Crippen molar-refractivity contribution >= 4 is 19.9 Å². The summed E-state index contributed by atoms with van der Waals surface area (Å²) in [4.78, 5) is 6.40. The van der Waals surface area contributed by atoms with Crippen LogP contribution < -0.4 is 4.72 Å². The second-order valence-corrected chi connectivity index (χ2v) is 8.45. The zero-order valence-corrected chi connectivity index (χ0v) is 11.5. The summed E-state index contributed by atoms with van der Waals surface area (Å²) < 4.78 is 49.1. The summed E-state index contributed by atoms with van der Waals surface area (Å²) in [7, 11) is -6.85. The van der Waals surface area contributed by atoms with E-state index in [2.05, 4.69) is 14.7 Å². The van der Waals surface area contributed by atoms with Crippen molar-refractivity contribution in [2.24, 2.45) is 0 Å². The third-order valence-electron chi connectivity index (χ3n) is 2.93. The zero-order chi connectivity index (χ0) is 13.4. The Morgan fingerprint density at radius 3 is 2.78 bits per heavy atom. The average molecular weight is 293 g/mol. The molecule has 18 heavy (non-hydrogen) atoms. The number of aromatic amines is 1. The molecule has 0 aliphatic carbocycles. The number of sulfonamides is 1. The van der Waals surface area contributed by atoms with Gasteiger partial charge in [-0.1, -0.05) is 0 Å². The Kier molecular flexibility index (Phi) is 3.47. The molecule has 1 atom stereocenters. The van der Waals surface area contributed by atoms with E-state index in [0.717, 1.165) is 0 Å². The van der Waals surface area contributed by atoms with E-state index in [-0.39, 0.29) is 17.3 Å². The van der Waals surface area contributed by atoms with Crippen molar-refractivity contribution in [2.45, 2.75) is 30.0 Å². The monoisotopic (exact) mass is 293 g/mol. The van der Waals surface area contributed by atoms with Gasteiger partial charge in [0, 0.05) is 6.54 Å². The molecule has 9 heteroatoms. The van der Waals surface area contributed by atoms with Crippen LogP contribution in [-0.4, -0.2) is 44.4 Å². The lowest BCUT2D eigenvalue weighted by molar-refractivity contribution is 0.568. The van der Waals surface area contributed by atoms with Crippen LogP contribution in [0.15, 0.2) is 11.2 Å². The minimum atomic E-state index is -3.71. The predicted molar refractivity (Wildman–Crippen MR) is 65.3 cm³/mol. The third kappa shape index (κ3) is 2.73. The standard InChI is InChI=1S/C9H15N3O4S2/c1-7-10-6-9(12-7)18(15,16)11-5-8-3-2-4-17(8,13)14/h6,8,11H,2-5H2,1H3,(H,10,12). The highest BCUT2D eigenvalue weighted by Gasteiger charge is 2.32. The Bertz CT molecular complexity index is 633. The van der Waals surface area contributed by atoms with Crippen LogP contribution in [0.2, 0.25) is 0 Å². The molecule has 0 spiro atoms. The van der Waals surface area contributed by atoms with Crippen molar-refractivity contribution < 1.29 is 16.8 Å². The summed E-state index contributed by atoms with van der Waals surface area (Å²) in [5.74, 6) is 0.631. The highest BCUT2D eigenvalue weighted by Crippen LogP contribution is 2.19. The Labute approximate surface area is 106 Å². The minimum absolute atomic E-state index is 0.0459. The molecule has 1 saturated heterocycles. The van der Waals surface area contributed by atoms with Gasteiger partial charge in [0.05, 0.1) is 17.2 Å². The first-order valence-electron chi connectivity index (χ1n) is 5.54. The molecule has 0 amide bonds. The molecule has 1 aliphatic rings. The number of aromatic nitrogens is 2. The summed E-state index contributed by atoms with van der Waals surface area (Å²) in [5.41, 5.74) is 0. The lowest BCUT2D eigenvalue weighted by atomic mass is 10.2. The molecule has 0 aromatic carbocycles. The Morgan fingerprint density at radius 2 is 2.28 bits per heavy atom. The molecule has 1 unspecified atom stereocenters. The Hall–Kier alpha value is -0.930. The summed E-state index contributed by atoms with van der Waals surface area (Å²) >= 11 is 0. The van der Waals surface area contributed by atoms with Crippen molar-refractivity contribution in [3.8, 4) is 0 Å². The van der Waals surface area contributed by atoms with E-state index >= 15 is 0 Å². The minimum Gasteiger partial charge on any atom is -0.332 e. The molecular weight excluding hydrogens is 278 g/mol. The molecule has 2 N–H and O–H groups in total. The van der Waals surface area contributed by atoms with Gasteiger partial charge in [0.1, 0.15) is 5.82 Å². The predicted octanol–water partition coefficient (Wildman–Crippen LogP) is -0.426. The van der Waals surface area contributed by atoms with Crippen LogP contribution in [0.25, 0.3) is 0 Å². The lowest BCUT2D eigenvalue weighted by Gasteiger charge is -2.10. The van der Waals surface area contributed by atoms with Gasteiger partial charge in [0.15, 0.2) is 14.9 Å². The molecule has 0 bridgehead atoms. The van der Waals surface area contributed by atoms with E-state index in [1.165, 1.54) is 6.20 Å². The summed E-state index contributed by atoms with van der Waals surface area (Å²) in [6.07, 6.45) is 2.31. The number of imidazole rings is 1. The SMILES string of the molecule is Cc1ncc(S(=O)(=O)NCC2CCCS2(=O)=O)[nH]1. The van der Waals surface area contributed by atoms with E-state index in [4.69, 9.17) is 0 Å². The maximum atomic E-state index is 11.8. The number of nitrogens with zero attached hydrogens (tertiary/aromatic N) is 1. The van der Waals surface area contributed by atoms with Crippen LogP contribution in [-0.2, 0) is 19.9 Å². The molecule has 1 aromatic heterocycles. The maximum Gasteiger partial charge on any atom is 0.257 e. The van der Waals surface area contributed by atoms with E-state index in [1.54, 1.807) is 6.92 Å². The fourth-order valence-corrected chi connectivity index (χ4v) is 4.82. The number of aryl methyl sites for hydroxylation is 1. The molecule has 102 valence electrons. The van der Waals surface area contributed by atoms with Gasteiger partial charge >= 0.3 is 0 Å². The topological polar surface area (TPSA) is 109 Å². The van der Waals surface area contributed by atoms with Crippen molar-refractivity contribution in [3.05, 3.63) is 12.0 Å². The van der Waals surface area contributed by atoms with E-state index < -0.39 is 25.1 Å². The lowest BCUT2D eigenvalue weighted by Crippen LogP contribution is -2.34. The second-order valence-electron chi connectivity index (χ2n) is 4.32. The first-order chi connectivity index (χ1) is 8.31. The van der Waals surface area contributed by atoms with Gasteiger partial charge in [-0.3, -0.25) is 0 Å². The van der Waals surface area contributed by atoms with Crippen LogP contribution in [0.3, 0.4) is 0 Å². The van der Waals surface area contributed by atoms with Crippen LogP contribution in [0.1, 0.15) is 18.7 Å². The average Bonchev–Trinajstić information content (AvgIpc) is 2.82. The van der Waals surface area contributed by atoms with Gasteiger partial charge < -0.3 is 4.98 Å². The fourth-order valence-electron chi connectivity index (χ4n) is 1.90. The first kappa shape index (κ1) is 13.5. The van der Waals surface area contributed by atoms with Crippen LogP contribution in [0.4, 0.5) is 0 Å². The summed E-state index contributed by atoms with van der Waals surface area (Å²) in [5, 5.41) is -0.660. The van der Waals surface area contributed by atoms with Gasteiger partial charge in [-0.15, -0.1) is 0 Å². The Morgan fingerprint density at radius 1 is 1.56 bits per heavy atom. The number of nitrogens with one attached hydrogen (secondary N) is 2. The van der Waals surface area contributed by atoms with Gasteiger partial charge in [0.2, 0.25) is 0 Å². The largest absolute Gasteiger partial charge is 0.332 e. The molecule has 2 heterocycles. The van der Waals surface area contributed by atoms with Gasteiger partial charge in [-0.2, -0.15) is 0 Å².